The van der Waals surface area contributed by atoms with Crippen LogP contribution in [0.5, 0.6) is 0 Å². The minimum atomic E-state index is -0.0613. The first-order valence-electron chi connectivity index (χ1n) is 7.24. The first kappa shape index (κ1) is 16.4. The molecule has 0 aromatic heterocycles. The van der Waals surface area contributed by atoms with E-state index in [1.807, 2.05) is 11.8 Å². The molecular formula is C15H29NO3. The quantitative estimate of drug-likeness (QED) is 0.743. The summed E-state index contributed by atoms with van der Waals surface area (Å²) in [6, 6.07) is 0.304. The number of methoxy groups -OCH3 is 2. The number of hydrogen-bond donors (Lipinski definition) is 0. The van der Waals surface area contributed by atoms with Crippen molar-refractivity contribution in [2.45, 2.75) is 46.3 Å². The molecular weight excluding hydrogens is 242 g/mol. The van der Waals surface area contributed by atoms with Crippen molar-refractivity contribution in [3.63, 3.8) is 0 Å². The lowest BCUT2D eigenvalue weighted by atomic mass is 9.89. The zero-order valence-corrected chi connectivity index (χ0v) is 13.2. The van der Waals surface area contributed by atoms with Gasteiger partial charge in [-0.25, -0.2) is 0 Å². The van der Waals surface area contributed by atoms with E-state index in [0.29, 0.717) is 12.0 Å². The number of nitrogens with zero attached hydrogens (tertiary/aromatic N) is 1. The normalized spacial score (nSPS) is 26.8. The van der Waals surface area contributed by atoms with Gasteiger partial charge in [0.25, 0.3) is 0 Å². The fraction of sp³-hybridized carbons (Fsp3) is 0.933. The van der Waals surface area contributed by atoms with E-state index in [9.17, 15) is 4.79 Å². The lowest BCUT2D eigenvalue weighted by Gasteiger charge is -2.32. The Morgan fingerprint density at radius 2 is 1.95 bits per heavy atom. The van der Waals surface area contributed by atoms with Crippen LogP contribution in [0, 0.1) is 17.8 Å². The van der Waals surface area contributed by atoms with Gasteiger partial charge in [-0.05, 0) is 26.2 Å². The van der Waals surface area contributed by atoms with E-state index in [1.54, 1.807) is 14.2 Å². The van der Waals surface area contributed by atoms with E-state index in [-0.39, 0.29) is 23.8 Å². The lowest BCUT2D eigenvalue weighted by Crippen LogP contribution is -2.44. The minimum Gasteiger partial charge on any atom is -0.384 e. The minimum absolute atomic E-state index is 0.0406. The van der Waals surface area contributed by atoms with Crippen molar-refractivity contribution in [1.29, 1.82) is 0 Å². The Morgan fingerprint density at radius 1 is 1.32 bits per heavy atom. The Kier molecular flexibility index (Phi) is 6.27. The summed E-state index contributed by atoms with van der Waals surface area (Å²) >= 11 is 0. The van der Waals surface area contributed by atoms with E-state index in [0.717, 1.165) is 19.6 Å². The van der Waals surface area contributed by atoms with E-state index in [4.69, 9.17) is 9.47 Å². The Labute approximate surface area is 117 Å². The summed E-state index contributed by atoms with van der Waals surface area (Å²) in [5.74, 6) is 0.926. The van der Waals surface area contributed by atoms with Gasteiger partial charge >= 0.3 is 0 Å². The van der Waals surface area contributed by atoms with Gasteiger partial charge in [0.1, 0.15) is 0 Å². The van der Waals surface area contributed by atoms with Gasteiger partial charge in [-0.15, -0.1) is 0 Å². The largest absolute Gasteiger partial charge is 0.384 e. The third-order valence-electron chi connectivity index (χ3n) is 4.23. The zero-order chi connectivity index (χ0) is 14.6. The molecule has 1 aliphatic rings. The number of carbonyl (C=O) groups is 1. The molecule has 1 fully saturated rings. The predicted molar refractivity (Wildman–Crippen MR) is 76.0 cm³/mol. The molecule has 1 aliphatic heterocycles. The van der Waals surface area contributed by atoms with Crippen molar-refractivity contribution in [2.24, 2.45) is 17.8 Å². The highest BCUT2D eigenvalue weighted by atomic mass is 16.5. The summed E-state index contributed by atoms with van der Waals surface area (Å²) in [5, 5.41) is 0. The maximum absolute atomic E-state index is 12.8. The summed E-state index contributed by atoms with van der Waals surface area (Å²) in [4.78, 5) is 14.8. The SMILES string of the molecule is COCC1C[C@@H](C)N(C(=O)C(C(C)C)C(C)OC)C1. The van der Waals surface area contributed by atoms with Crippen LogP contribution in [0.4, 0.5) is 0 Å². The fourth-order valence-electron chi connectivity index (χ4n) is 3.17. The first-order valence-corrected chi connectivity index (χ1v) is 7.24. The smallest absolute Gasteiger partial charge is 0.228 e. The Balaban J connectivity index is 2.74. The lowest BCUT2D eigenvalue weighted by molar-refractivity contribution is -0.142. The van der Waals surface area contributed by atoms with Crippen LogP contribution in [0.2, 0.25) is 0 Å². The van der Waals surface area contributed by atoms with Gasteiger partial charge in [-0.1, -0.05) is 13.8 Å². The van der Waals surface area contributed by atoms with Crippen LogP contribution in [-0.4, -0.2) is 50.3 Å². The second-order valence-electron chi connectivity index (χ2n) is 6.11. The molecule has 1 saturated heterocycles. The van der Waals surface area contributed by atoms with Crippen LogP contribution in [0.25, 0.3) is 0 Å². The zero-order valence-electron chi connectivity index (χ0n) is 13.2. The van der Waals surface area contributed by atoms with E-state index < -0.39 is 0 Å². The third-order valence-corrected chi connectivity index (χ3v) is 4.23. The second-order valence-corrected chi connectivity index (χ2v) is 6.11. The Bertz CT molecular complexity index is 293. The van der Waals surface area contributed by atoms with Gasteiger partial charge < -0.3 is 14.4 Å². The number of rotatable bonds is 6. The number of likely N-dealkylation sites (tertiary alicyclic amines) is 1. The van der Waals surface area contributed by atoms with Gasteiger partial charge in [-0.3, -0.25) is 4.79 Å². The first-order chi connectivity index (χ1) is 8.92. The molecule has 112 valence electrons. The second kappa shape index (κ2) is 7.25. The molecule has 0 saturated carbocycles. The monoisotopic (exact) mass is 271 g/mol. The van der Waals surface area contributed by atoms with Crippen LogP contribution in [0.15, 0.2) is 0 Å². The van der Waals surface area contributed by atoms with Crippen LogP contribution in [0.1, 0.15) is 34.1 Å². The van der Waals surface area contributed by atoms with Crippen molar-refractivity contribution in [1.82, 2.24) is 4.90 Å². The summed E-state index contributed by atoms with van der Waals surface area (Å²) in [5.41, 5.74) is 0. The van der Waals surface area contributed by atoms with E-state index >= 15 is 0 Å². The highest BCUT2D eigenvalue weighted by Gasteiger charge is 2.38. The van der Waals surface area contributed by atoms with Gasteiger partial charge in [0.15, 0.2) is 0 Å². The molecule has 3 unspecified atom stereocenters. The summed E-state index contributed by atoms with van der Waals surface area (Å²) < 4.78 is 10.6. The van der Waals surface area contributed by atoms with Crippen LogP contribution in [-0.2, 0) is 14.3 Å². The van der Waals surface area contributed by atoms with Crippen molar-refractivity contribution in [3.8, 4) is 0 Å². The van der Waals surface area contributed by atoms with Gasteiger partial charge in [-0.2, -0.15) is 0 Å². The molecule has 1 rings (SSSR count). The van der Waals surface area contributed by atoms with E-state index in [1.165, 1.54) is 0 Å². The molecule has 1 amide bonds. The Hall–Kier alpha value is -0.610. The molecule has 4 atom stereocenters. The van der Waals surface area contributed by atoms with Crippen LogP contribution < -0.4 is 0 Å². The molecule has 4 heteroatoms. The number of amides is 1. The number of ether oxygens (including phenoxy) is 2. The molecule has 0 bridgehead atoms. The maximum atomic E-state index is 12.8. The maximum Gasteiger partial charge on any atom is 0.228 e. The highest BCUT2D eigenvalue weighted by Crippen LogP contribution is 2.28. The van der Waals surface area contributed by atoms with Crippen molar-refractivity contribution < 1.29 is 14.3 Å². The molecule has 0 radical (unpaired) electrons. The molecule has 0 aromatic rings. The molecule has 19 heavy (non-hydrogen) atoms. The molecule has 1 heterocycles. The molecule has 0 aliphatic carbocycles. The van der Waals surface area contributed by atoms with Crippen molar-refractivity contribution in [2.75, 3.05) is 27.4 Å². The van der Waals surface area contributed by atoms with Crippen molar-refractivity contribution >= 4 is 5.91 Å². The average molecular weight is 271 g/mol. The third kappa shape index (κ3) is 3.93. The Morgan fingerprint density at radius 3 is 2.42 bits per heavy atom. The predicted octanol–water partition coefficient (Wildman–Crippen LogP) is 2.18. The molecule has 0 aromatic carbocycles. The number of carbonyl (C=O) groups excluding carboxylic acids is 1. The highest BCUT2D eigenvalue weighted by molar-refractivity contribution is 5.80. The van der Waals surface area contributed by atoms with E-state index in [2.05, 4.69) is 20.8 Å². The van der Waals surface area contributed by atoms with Gasteiger partial charge in [0, 0.05) is 32.7 Å². The average Bonchev–Trinajstić information content (AvgIpc) is 2.70. The molecule has 4 nitrogen and oxygen atoms in total. The topological polar surface area (TPSA) is 38.8 Å². The van der Waals surface area contributed by atoms with Crippen LogP contribution in [0.3, 0.4) is 0 Å². The van der Waals surface area contributed by atoms with Gasteiger partial charge in [0.05, 0.1) is 18.6 Å². The van der Waals surface area contributed by atoms with Crippen molar-refractivity contribution in [3.05, 3.63) is 0 Å². The fourth-order valence-corrected chi connectivity index (χ4v) is 3.17. The summed E-state index contributed by atoms with van der Waals surface area (Å²) in [6.07, 6.45) is 0.993. The molecule has 0 N–H and O–H groups in total. The number of hydrogen-bond acceptors (Lipinski definition) is 3. The molecule has 0 spiro atoms. The standard InChI is InChI=1S/C15H29NO3/c1-10(2)14(12(4)19-6)15(17)16-8-13(9-18-5)7-11(16)3/h10-14H,7-9H2,1-6H3/t11-,12?,13?,14?/m1/s1. The van der Waals surface area contributed by atoms with Crippen LogP contribution >= 0.6 is 0 Å². The summed E-state index contributed by atoms with van der Waals surface area (Å²) in [7, 11) is 3.40. The van der Waals surface area contributed by atoms with Gasteiger partial charge in [0.2, 0.25) is 5.91 Å². The summed E-state index contributed by atoms with van der Waals surface area (Å²) in [6.45, 7) is 9.84.